The number of nitrogens with one attached hydrogen (secondary N) is 1. The number of thiocarbonyl (C=S) groups is 1. The Morgan fingerprint density at radius 1 is 1.08 bits per heavy atom. The van der Waals surface area contributed by atoms with E-state index in [1.165, 1.54) is 0 Å². The second kappa shape index (κ2) is 7.58. The molecule has 25 heavy (non-hydrogen) atoms. The standard InChI is InChI=1S/C17H10Cl2N2O2S2/c18-12-7-4-8-13(19)11(12)9-14-16(23)21(17(24)25-14)20-15(22)10-5-2-1-3-6-10/h1-9H,(H,20,22)/b14-9-. The molecule has 0 bridgehead atoms. The van der Waals surface area contributed by atoms with Crippen molar-refractivity contribution in [2.24, 2.45) is 0 Å². The van der Waals surface area contributed by atoms with Crippen molar-refractivity contribution in [1.82, 2.24) is 10.4 Å². The van der Waals surface area contributed by atoms with Gasteiger partial charge >= 0.3 is 0 Å². The minimum absolute atomic E-state index is 0.226. The van der Waals surface area contributed by atoms with Crippen molar-refractivity contribution in [3.05, 3.63) is 74.6 Å². The van der Waals surface area contributed by atoms with Crippen LogP contribution in [0.15, 0.2) is 53.4 Å². The molecule has 1 aliphatic heterocycles. The van der Waals surface area contributed by atoms with E-state index in [2.05, 4.69) is 5.43 Å². The van der Waals surface area contributed by atoms with E-state index in [0.29, 0.717) is 26.1 Å². The van der Waals surface area contributed by atoms with Gasteiger partial charge < -0.3 is 0 Å². The second-order valence-corrected chi connectivity index (χ2v) is 7.45. The van der Waals surface area contributed by atoms with Crippen LogP contribution in [-0.2, 0) is 4.79 Å². The number of carbonyl (C=O) groups is 2. The third kappa shape index (κ3) is 3.88. The number of nitrogens with zero attached hydrogens (tertiary/aromatic N) is 1. The molecule has 0 atom stereocenters. The molecule has 4 nitrogen and oxygen atoms in total. The van der Waals surface area contributed by atoms with E-state index < -0.39 is 11.8 Å². The molecular weight excluding hydrogens is 399 g/mol. The van der Waals surface area contributed by atoms with E-state index in [1.54, 1.807) is 54.6 Å². The average Bonchev–Trinajstić information content (AvgIpc) is 2.86. The monoisotopic (exact) mass is 408 g/mol. The first-order chi connectivity index (χ1) is 12.0. The van der Waals surface area contributed by atoms with E-state index in [9.17, 15) is 9.59 Å². The van der Waals surface area contributed by atoms with E-state index in [1.807, 2.05) is 0 Å². The van der Waals surface area contributed by atoms with Crippen LogP contribution in [0, 0.1) is 0 Å². The number of carbonyl (C=O) groups excluding carboxylic acids is 2. The summed E-state index contributed by atoms with van der Waals surface area (Å²) < 4.78 is 0.226. The molecule has 2 amide bonds. The van der Waals surface area contributed by atoms with Gasteiger partial charge in [-0.2, -0.15) is 5.01 Å². The Kier molecular flexibility index (Phi) is 5.44. The lowest BCUT2D eigenvalue weighted by molar-refractivity contribution is -0.123. The predicted octanol–water partition coefficient (Wildman–Crippen LogP) is 4.54. The summed E-state index contributed by atoms with van der Waals surface area (Å²) in [4.78, 5) is 25.1. The quantitative estimate of drug-likeness (QED) is 0.598. The number of thioether (sulfide) groups is 1. The Hall–Kier alpha value is -1.86. The van der Waals surface area contributed by atoms with E-state index >= 15 is 0 Å². The number of halogens is 2. The van der Waals surface area contributed by atoms with E-state index in [-0.39, 0.29) is 4.32 Å². The van der Waals surface area contributed by atoms with Gasteiger partial charge in [0, 0.05) is 21.2 Å². The summed E-state index contributed by atoms with van der Waals surface area (Å²) in [5, 5.41) is 1.89. The summed E-state index contributed by atoms with van der Waals surface area (Å²) in [5.41, 5.74) is 3.47. The van der Waals surface area contributed by atoms with Gasteiger partial charge in [-0.1, -0.05) is 59.2 Å². The third-order valence-corrected chi connectivity index (χ3v) is 5.28. The molecule has 0 aromatic heterocycles. The van der Waals surface area contributed by atoms with Gasteiger partial charge in [-0.3, -0.25) is 15.0 Å². The van der Waals surface area contributed by atoms with Crippen molar-refractivity contribution >= 4 is 69.4 Å². The molecule has 0 unspecified atom stereocenters. The maximum absolute atomic E-state index is 12.6. The first-order valence-corrected chi connectivity index (χ1v) is 9.03. The number of amides is 2. The molecule has 1 aliphatic rings. The summed E-state index contributed by atoms with van der Waals surface area (Å²) in [6.45, 7) is 0. The predicted molar refractivity (Wildman–Crippen MR) is 105 cm³/mol. The van der Waals surface area contributed by atoms with E-state index in [4.69, 9.17) is 35.4 Å². The zero-order valence-electron chi connectivity index (χ0n) is 12.5. The topological polar surface area (TPSA) is 49.4 Å². The fourth-order valence-electron chi connectivity index (χ4n) is 2.10. The van der Waals surface area contributed by atoms with Crippen LogP contribution in [0.3, 0.4) is 0 Å². The summed E-state index contributed by atoms with van der Waals surface area (Å²) in [6, 6.07) is 13.6. The second-order valence-electron chi connectivity index (χ2n) is 4.96. The van der Waals surface area contributed by atoms with Crippen LogP contribution in [0.5, 0.6) is 0 Å². The molecule has 3 rings (SSSR count). The van der Waals surface area contributed by atoms with Crippen molar-refractivity contribution in [3.63, 3.8) is 0 Å². The van der Waals surface area contributed by atoms with Crippen LogP contribution in [0.1, 0.15) is 15.9 Å². The van der Waals surface area contributed by atoms with Crippen molar-refractivity contribution in [3.8, 4) is 0 Å². The van der Waals surface area contributed by atoms with Gasteiger partial charge in [0.2, 0.25) is 0 Å². The number of benzene rings is 2. The van der Waals surface area contributed by atoms with Gasteiger partial charge in [-0.15, -0.1) is 0 Å². The van der Waals surface area contributed by atoms with Gasteiger partial charge in [0.1, 0.15) is 0 Å². The lowest BCUT2D eigenvalue weighted by Crippen LogP contribution is -2.44. The fraction of sp³-hybridized carbons (Fsp3) is 0. The maximum Gasteiger partial charge on any atom is 0.285 e. The molecule has 8 heteroatoms. The first-order valence-electron chi connectivity index (χ1n) is 7.05. The molecule has 0 radical (unpaired) electrons. The number of hydrazine groups is 1. The van der Waals surface area contributed by atoms with Gasteiger partial charge in [0.05, 0.1) is 4.91 Å². The summed E-state index contributed by atoms with van der Waals surface area (Å²) in [6.07, 6.45) is 1.57. The average molecular weight is 409 g/mol. The maximum atomic E-state index is 12.6. The minimum Gasteiger partial charge on any atom is -0.267 e. The van der Waals surface area contributed by atoms with Gasteiger partial charge in [0.15, 0.2) is 4.32 Å². The lowest BCUT2D eigenvalue weighted by Gasteiger charge is -2.15. The van der Waals surface area contributed by atoms with Crippen LogP contribution in [0.25, 0.3) is 6.08 Å². The Morgan fingerprint density at radius 3 is 2.36 bits per heavy atom. The highest BCUT2D eigenvalue weighted by Crippen LogP contribution is 2.35. The molecule has 0 aliphatic carbocycles. The largest absolute Gasteiger partial charge is 0.285 e. The summed E-state index contributed by atoms with van der Waals surface area (Å²) in [7, 11) is 0. The molecule has 126 valence electrons. The normalized spacial score (nSPS) is 15.8. The van der Waals surface area contributed by atoms with Crippen LogP contribution in [0.4, 0.5) is 0 Å². The van der Waals surface area contributed by atoms with Crippen molar-refractivity contribution in [2.75, 3.05) is 0 Å². The molecule has 1 heterocycles. The Morgan fingerprint density at radius 2 is 1.72 bits per heavy atom. The highest BCUT2D eigenvalue weighted by atomic mass is 35.5. The van der Waals surface area contributed by atoms with Gasteiger partial charge in [-0.25, -0.2) is 0 Å². The van der Waals surface area contributed by atoms with Crippen LogP contribution in [-0.4, -0.2) is 21.1 Å². The summed E-state index contributed by atoms with van der Waals surface area (Å²) >= 11 is 18.5. The molecule has 1 saturated heterocycles. The highest BCUT2D eigenvalue weighted by Gasteiger charge is 2.34. The van der Waals surface area contributed by atoms with Gasteiger partial charge in [-0.05, 0) is 42.6 Å². The molecule has 0 saturated carbocycles. The number of hydrogen-bond donors (Lipinski definition) is 1. The molecule has 2 aromatic carbocycles. The van der Waals surface area contributed by atoms with Crippen LogP contribution < -0.4 is 5.43 Å². The minimum atomic E-state index is -0.435. The van der Waals surface area contributed by atoms with E-state index in [0.717, 1.165) is 16.8 Å². The van der Waals surface area contributed by atoms with Crippen molar-refractivity contribution in [1.29, 1.82) is 0 Å². The Bertz CT molecular complexity index is 881. The third-order valence-electron chi connectivity index (χ3n) is 3.32. The SMILES string of the molecule is O=C(NN1C(=O)/C(=C/c2c(Cl)cccc2Cl)SC1=S)c1ccccc1. The smallest absolute Gasteiger partial charge is 0.267 e. The van der Waals surface area contributed by atoms with Crippen LogP contribution >= 0.6 is 47.2 Å². The molecule has 1 N–H and O–H groups in total. The lowest BCUT2D eigenvalue weighted by atomic mass is 10.2. The zero-order valence-corrected chi connectivity index (χ0v) is 15.7. The van der Waals surface area contributed by atoms with Crippen molar-refractivity contribution < 1.29 is 9.59 Å². The summed E-state index contributed by atoms with van der Waals surface area (Å²) in [5.74, 6) is -0.857. The number of hydrogen-bond acceptors (Lipinski definition) is 4. The highest BCUT2D eigenvalue weighted by molar-refractivity contribution is 8.26. The fourth-order valence-corrected chi connectivity index (χ4v) is 3.77. The molecular formula is C17H10Cl2N2O2S2. The zero-order chi connectivity index (χ0) is 18.0. The molecule has 2 aromatic rings. The molecule has 1 fully saturated rings. The van der Waals surface area contributed by atoms with Crippen LogP contribution in [0.2, 0.25) is 10.0 Å². The Balaban J connectivity index is 1.83. The Labute approximate surface area is 163 Å². The van der Waals surface area contributed by atoms with Gasteiger partial charge in [0.25, 0.3) is 11.8 Å². The number of rotatable bonds is 3. The van der Waals surface area contributed by atoms with Crippen molar-refractivity contribution in [2.45, 2.75) is 0 Å². The first kappa shape index (κ1) is 17.9. The molecule has 0 spiro atoms.